The van der Waals surface area contributed by atoms with E-state index in [-0.39, 0.29) is 5.91 Å². The van der Waals surface area contributed by atoms with E-state index in [1.165, 1.54) is 0 Å². The summed E-state index contributed by atoms with van der Waals surface area (Å²) in [5, 5.41) is 5.51. The van der Waals surface area contributed by atoms with Crippen molar-refractivity contribution in [3.63, 3.8) is 0 Å². The highest BCUT2D eigenvalue weighted by Gasteiger charge is 2.27. The number of aromatic amines is 1. The third-order valence-electron chi connectivity index (χ3n) is 4.68. The van der Waals surface area contributed by atoms with E-state index >= 15 is 0 Å². The Kier molecular flexibility index (Phi) is 3.41. The Morgan fingerprint density at radius 1 is 1.30 bits per heavy atom. The van der Waals surface area contributed by atoms with Gasteiger partial charge in [0.15, 0.2) is 0 Å². The van der Waals surface area contributed by atoms with Gasteiger partial charge in [0.2, 0.25) is 0 Å². The molecule has 1 atom stereocenters. The third-order valence-corrected chi connectivity index (χ3v) is 4.68. The number of nitrogens with one attached hydrogen (secondary N) is 1. The van der Waals surface area contributed by atoms with Crippen molar-refractivity contribution in [3.05, 3.63) is 54.0 Å². The molecular weight excluding hydrogens is 288 g/mol. The van der Waals surface area contributed by atoms with Crippen LogP contribution in [0.3, 0.4) is 0 Å². The highest BCUT2D eigenvalue weighted by molar-refractivity contribution is 6.06. The number of para-hydroxylation sites is 1. The molecule has 2 aromatic heterocycles. The van der Waals surface area contributed by atoms with Gasteiger partial charge in [-0.1, -0.05) is 18.2 Å². The molecule has 118 valence electrons. The fourth-order valence-corrected chi connectivity index (χ4v) is 3.47. The summed E-state index contributed by atoms with van der Waals surface area (Å²) in [4.78, 5) is 18.1. The second-order valence-corrected chi connectivity index (χ2v) is 6.25. The predicted octanol–water partition coefficient (Wildman–Crippen LogP) is 2.92. The SMILES string of the molecule is Cn1ccc([C@@H]2CCCN(C(=O)c3c[nH]c4ccccc34)C2)n1. The van der Waals surface area contributed by atoms with Crippen LogP contribution in [-0.4, -0.2) is 38.7 Å². The number of H-pyrrole nitrogens is 1. The third kappa shape index (κ3) is 2.52. The van der Waals surface area contributed by atoms with Crippen LogP contribution in [0.2, 0.25) is 0 Å². The Morgan fingerprint density at radius 3 is 3.00 bits per heavy atom. The van der Waals surface area contributed by atoms with Crippen molar-refractivity contribution in [2.75, 3.05) is 13.1 Å². The summed E-state index contributed by atoms with van der Waals surface area (Å²) < 4.78 is 1.83. The number of nitrogens with zero attached hydrogens (tertiary/aromatic N) is 3. The summed E-state index contributed by atoms with van der Waals surface area (Å²) >= 11 is 0. The number of piperidine rings is 1. The highest BCUT2D eigenvalue weighted by Crippen LogP contribution is 2.28. The molecule has 0 bridgehead atoms. The molecule has 1 aliphatic heterocycles. The molecule has 5 nitrogen and oxygen atoms in total. The number of fused-ring (bicyclic) bond motifs is 1. The minimum Gasteiger partial charge on any atom is -0.360 e. The predicted molar refractivity (Wildman–Crippen MR) is 89.4 cm³/mol. The van der Waals surface area contributed by atoms with Gasteiger partial charge in [0.1, 0.15) is 0 Å². The van der Waals surface area contributed by atoms with E-state index in [1.807, 2.05) is 53.3 Å². The van der Waals surface area contributed by atoms with E-state index in [0.717, 1.165) is 48.1 Å². The standard InChI is InChI=1S/C18H20N4O/c1-21-10-8-16(20-21)13-5-4-9-22(12-13)18(23)15-11-19-17-7-3-2-6-14(15)17/h2-3,6-8,10-11,13,19H,4-5,9,12H2,1H3/t13-/m1/s1. The number of carbonyl (C=O) groups is 1. The Balaban J connectivity index is 1.58. The van der Waals surface area contributed by atoms with Gasteiger partial charge < -0.3 is 9.88 Å². The second kappa shape index (κ2) is 5.57. The first-order valence-corrected chi connectivity index (χ1v) is 8.07. The molecule has 1 aliphatic rings. The van der Waals surface area contributed by atoms with Gasteiger partial charge in [-0.2, -0.15) is 5.10 Å². The summed E-state index contributed by atoms with van der Waals surface area (Å²) in [6, 6.07) is 10.0. The lowest BCUT2D eigenvalue weighted by molar-refractivity contribution is 0.0708. The van der Waals surface area contributed by atoms with Crippen LogP contribution in [0.5, 0.6) is 0 Å². The van der Waals surface area contributed by atoms with E-state index in [4.69, 9.17) is 0 Å². The normalized spacial score (nSPS) is 18.5. The van der Waals surface area contributed by atoms with E-state index in [9.17, 15) is 4.79 Å². The molecule has 0 saturated carbocycles. The second-order valence-electron chi connectivity index (χ2n) is 6.25. The molecule has 5 heteroatoms. The monoisotopic (exact) mass is 308 g/mol. The van der Waals surface area contributed by atoms with Gasteiger partial charge in [-0.25, -0.2) is 0 Å². The van der Waals surface area contributed by atoms with Crippen molar-refractivity contribution in [2.24, 2.45) is 7.05 Å². The van der Waals surface area contributed by atoms with Crippen LogP contribution in [0.15, 0.2) is 42.7 Å². The first-order valence-electron chi connectivity index (χ1n) is 8.07. The Labute approximate surface area is 134 Å². The summed E-state index contributed by atoms with van der Waals surface area (Å²) in [5.74, 6) is 0.446. The molecule has 1 amide bonds. The number of rotatable bonds is 2. The molecule has 1 saturated heterocycles. The fraction of sp³-hybridized carbons (Fsp3) is 0.333. The Morgan fingerprint density at radius 2 is 2.17 bits per heavy atom. The van der Waals surface area contributed by atoms with E-state index in [1.54, 1.807) is 0 Å². The van der Waals surface area contributed by atoms with Crippen molar-refractivity contribution in [3.8, 4) is 0 Å². The molecule has 0 spiro atoms. The summed E-state index contributed by atoms with van der Waals surface area (Å²) in [7, 11) is 1.93. The van der Waals surface area contributed by atoms with Gasteiger partial charge in [-0.15, -0.1) is 0 Å². The maximum Gasteiger partial charge on any atom is 0.256 e. The maximum atomic E-state index is 12.9. The number of benzene rings is 1. The fourth-order valence-electron chi connectivity index (χ4n) is 3.47. The molecule has 3 aromatic rings. The molecule has 0 aliphatic carbocycles. The van der Waals surface area contributed by atoms with E-state index in [2.05, 4.69) is 16.1 Å². The van der Waals surface area contributed by atoms with Gasteiger partial charge in [-0.05, 0) is 25.0 Å². The lowest BCUT2D eigenvalue weighted by atomic mass is 9.94. The topological polar surface area (TPSA) is 53.9 Å². The van der Waals surface area contributed by atoms with Gasteiger partial charge >= 0.3 is 0 Å². The minimum atomic E-state index is 0.114. The van der Waals surface area contributed by atoms with Crippen LogP contribution in [0.1, 0.15) is 34.8 Å². The summed E-state index contributed by atoms with van der Waals surface area (Å²) in [6.07, 6.45) is 5.91. The zero-order valence-corrected chi connectivity index (χ0v) is 13.2. The minimum absolute atomic E-state index is 0.114. The van der Waals surface area contributed by atoms with Crippen molar-refractivity contribution in [1.82, 2.24) is 19.7 Å². The number of likely N-dealkylation sites (tertiary alicyclic amines) is 1. The number of carbonyl (C=O) groups excluding carboxylic acids is 1. The van der Waals surface area contributed by atoms with E-state index < -0.39 is 0 Å². The first-order chi connectivity index (χ1) is 11.2. The van der Waals surface area contributed by atoms with Gasteiger partial charge in [0.25, 0.3) is 5.91 Å². The van der Waals surface area contributed by atoms with Gasteiger partial charge in [0, 0.05) is 49.4 Å². The molecule has 4 rings (SSSR count). The number of aryl methyl sites for hydroxylation is 1. The number of hydrogen-bond acceptors (Lipinski definition) is 2. The maximum absolute atomic E-state index is 12.9. The van der Waals surface area contributed by atoms with Crippen molar-refractivity contribution in [1.29, 1.82) is 0 Å². The van der Waals surface area contributed by atoms with Crippen LogP contribution in [0, 0.1) is 0 Å². The van der Waals surface area contributed by atoms with E-state index in [0.29, 0.717) is 5.92 Å². The van der Waals surface area contributed by atoms with Crippen molar-refractivity contribution in [2.45, 2.75) is 18.8 Å². The molecule has 1 aromatic carbocycles. The van der Waals surface area contributed by atoms with Crippen LogP contribution in [-0.2, 0) is 7.05 Å². The smallest absolute Gasteiger partial charge is 0.256 e. The molecule has 3 heterocycles. The van der Waals surface area contributed by atoms with Crippen molar-refractivity contribution >= 4 is 16.8 Å². The molecule has 0 unspecified atom stereocenters. The molecule has 1 fully saturated rings. The summed E-state index contributed by atoms with van der Waals surface area (Å²) in [6.45, 7) is 1.57. The number of hydrogen-bond donors (Lipinski definition) is 1. The molecule has 1 N–H and O–H groups in total. The zero-order valence-electron chi connectivity index (χ0n) is 13.2. The Bertz CT molecular complexity index is 847. The lowest BCUT2D eigenvalue weighted by Crippen LogP contribution is -2.39. The van der Waals surface area contributed by atoms with Gasteiger partial charge in [0.05, 0.1) is 11.3 Å². The largest absolute Gasteiger partial charge is 0.360 e. The average molecular weight is 308 g/mol. The first kappa shape index (κ1) is 14.1. The highest BCUT2D eigenvalue weighted by atomic mass is 16.2. The lowest BCUT2D eigenvalue weighted by Gasteiger charge is -2.32. The molecule has 23 heavy (non-hydrogen) atoms. The summed E-state index contributed by atoms with van der Waals surface area (Å²) in [5.41, 5.74) is 2.86. The number of amides is 1. The Hall–Kier alpha value is -2.56. The van der Waals surface area contributed by atoms with Crippen LogP contribution in [0.4, 0.5) is 0 Å². The van der Waals surface area contributed by atoms with Crippen molar-refractivity contribution < 1.29 is 4.79 Å². The average Bonchev–Trinajstić information content (AvgIpc) is 3.20. The quantitative estimate of drug-likeness (QED) is 0.791. The van der Waals surface area contributed by atoms with Crippen LogP contribution >= 0.6 is 0 Å². The number of aromatic nitrogens is 3. The van der Waals surface area contributed by atoms with Gasteiger partial charge in [-0.3, -0.25) is 9.48 Å². The molecular formula is C18H20N4O. The van der Waals surface area contributed by atoms with Crippen LogP contribution < -0.4 is 0 Å². The van der Waals surface area contributed by atoms with Crippen LogP contribution in [0.25, 0.3) is 10.9 Å². The molecule has 0 radical (unpaired) electrons. The zero-order chi connectivity index (χ0) is 15.8.